The minimum absolute atomic E-state index is 1.04. The van der Waals surface area contributed by atoms with Gasteiger partial charge in [0.15, 0.2) is 0 Å². The molecule has 2 heteroatoms. The molecule has 1 aliphatic heterocycles. The standard InChI is InChI=1S/C12H15NS/c1-2-5-11(6-3-1)7-8-12-13-9-4-10-14-12/h1-3,5-6H,4,7-10H2. The molecule has 0 saturated heterocycles. The molecule has 14 heavy (non-hydrogen) atoms. The van der Waals surface area contributed by atoms with Gasteiger partial charge in [-0.3, -0.25) is 4.99 Å². The summed E-state index contributed by atoms with van der Waals surface area (Å²) in [4.78, 5) is 4.52. The third kappa shape index (κ3) is 2.88. The summed E-state index contributed by atoms with van der Waals surface area (Å²) in [5.74, 6) is 1.26. The first-order valence-electron chi connectivity index (χ1n) is 5.15. The number of benzene rings is 1. The fraction of sp³-hybridized carbons (Fsp3) is 0.417. The van der Waals surface area contributed by atoms with Crippen molar-refractivity contribution in [2.75, 3.05) is 12.3 Å². The fourth-order valence-electron chi connectivity index (χ4n) is 1.55. The molecule has 74 valence electrons. The maximum absolute atomic E-state index is 4.52. The molecule has 0 radical (unpaired) electrons. The largest absolute Gasteiger partial charge is 0.283 e. The molecule has 0 N–H and O–H groups in total. The van der Waals surface area contributed by atoms with Crippen LogP contribution in [0.2, 0.25) is 0 Å². The van der Waals surface area contributed by atoms with Crippen LogP contribution in [0, 0.1) is 0 Å². The Morgan fingerprint density at radius 2 is 2.00 bits per heavy atom. The Kier molecular flexibility index (Phi) is 3.64. The molecule has 0 amide bonds. The predicted octanol–water partition coefficient (Wildman–Crippen LogP) is 3.15. The van der Waals surface area contributed by atoms with Crippen LogP contribution in [0.15, 0.2) is 35.3 Å². The Bertz CT molecular complexity index is 305. The Balaban J connectivity index is 1.85. The number of nitrogens with zero attached hydrogens (tertiary/aromatic N) is 1. The molecule has 0 aromatic heterocycles. The summed E-state index contributed by atoms with van der Waals surface area (Å²) in [5.41, 5.74) is 1.42. The predicted molar refractivity (Wildman–Crippen MR) is 64.1 cm³/mol. The van der Waals surface area contributed by atoms with E-state index in [9.17, 15) is 0 Å². The molecular formula is C12H15NS. The lowest BCUT2D eigenvalue weighted by Gasteiger charge is -2.10. The SMILES string of the molecule is c1ccc(CCC2=NCCCS2)cc1. The molecule has 2 rings (SSSR count). The average Bonchev–Trinajstić information content (AvgIpc) is 2.29. The molecule has 0 fully saturated rings. The topological polar surface area (TPSA) is 12.4 Å². The maximum atomic E-state index is 4.52. The monoisotopic (exact) mass is 205 g/mol. The van der Waals surface area contributed by atoms with E-state index in [4.69, 9.17) is 0 Å². The molecule has 1 heterocycles. The lowest BCUT2D eigenvalue weighted by Crippen LogP contribution is -2.04. The first-order valence-corrected chi connectivity index (χ1v) is 6.14. The summed E-state index contributed by atoms with van der Waals surface area (Å²) >= 11 is 1.93. The van der Waals surface area contributed by atoms with Gasteiger partial charge < -0.3 is 0 Å². The Morgan fingerprint density at radius 1 is 1.14 bits per heavy atom. The van der Waals surface area contributed by atoms with E-state index in [1.54, 1.807) is 0 Å². The normalized spacial score (nSPS) is 16.4. The van der Waals surface area contributed by atoms with Crippen molar-refractivity contribution in [1.82, 2.24) is 0 Å². The van der Waals surface area contributed by atoms with Gasteiger partial charge in [-0.15, -0.1) is 11.8 Å². The van der Waals surface area contributed by atoms with Crippen molar-refractivity contribution < 1.29 is 0 Å². The molecule has 0 atom stereocenters. The zero-order valence-electron chi connectivity index (χ0n) is 8.28. The van der Waals surface area contributed by atoms with Crippen LogP contribution < -0.4 is 0 Å². The highest BCUT2D eigenvalue weighted by molar-refractivity contribution is 8.14. The summed E-state index contributed by atoms with van der Waals surface area (Å²) in [6.45, 7) is 1.04. The first kappa shape index (κ1) is 9.78. The van der Waals surface area contributed by atoms with Crippen molar-refractivity contribution in [3.8, 4) is 0 Å². The van der Waals surface area contributed by atoms with Gasteiger partial charge in [-0.1, -0.05) is 30.3 Å². The second-order valence-corrected chi connectivity index (χ2v) is 4.63. The van der Waals surface area contributed by atoms with Gasteiger partial charge in [0.1, 0.15) is 0 Å². The highest BCUT2D eigenvalue weighted by Gasteiger charge is 2.05. The van der Waals surface area contributed by atoms with Crippen LogP contribution >= 0.6 is 11.8 Å². The van der Waals surface area contributed by atoms with Crippen LogP contribution in [-0.2, 0) is 6.42 Å². The van der Waals surface area contributed by atoms with Crippen molar-refractivity contribution in [2.45, 2.75) is 19.3 Å². The van der Waals surface area contributed by atoms with Crippen LogP contribution in [-0.4, -0.2) is 17.3 Å². The Labute approximate surface area is 89.6 Å². The van der Waals surface area contributed by atoms with Gasteiger partial charge in [0, 0.05) is 12.3 Å². The summed E-state index contributed by atoms with van der Waals surface area (Å²) < 4.78 is 0. The van der Waals surface area contributed by atoms with E-state index in [0.717, 1.165) is 19.4 Å². The molecule has 0 bridgehead atoms. The number of thioether (sulfide) groups is 1. The number of aliphatic imine (C=N–C) groups is 1. The number of rotatable bonds is 3. The molecule has 1 aromatic rings. The van der Waals surface area contributed by atoms with E-state index < -0.39 is 0 Å². The summed E-state index contributed by atoms with van der Waals surface area (Å²) in [7, 11) is 0. The number of aryl methyl sites for hydroxylation is 1. The molecule has 0 unspecified atom stereocenters. The molecular weight excluding hydrogens is 190 g/mol. The van der Waals surface area contributed by atoms with Gasteiger partial charge in [-0.25, -0.2) is 0 Å². The van der Waals surface area contributed by atoms with Gasteiger partial charge in [0.25, 0.3) is 0 Å². The zero-order valence-corrected chi connectivity index (χ0v) is 9.09. The van der Waals surface area contributed by atoms with Crippen molar-refractivity contribution in [2.24, 2.45) is 4.99 Å². The van der Waals surface area contributed by atoms with E-state index in [0.29, 0.717) is 0 Å². The van der Waals surface area contributed by atoms with Crippen LogP contribution in [0.25, 0.3) is 0 Å². The molecule has 0 saturated carbocycles. The Hall–Kier alpha value is -0.760. The maximum Gasteiger partial charge on any atom is 0.0679 e. The third-order valence-electron chi connectivity index (χ3n) is 2.33. The molecule has 1 aromatic carbocycles. The Morgan fingerprint density at radius 3 is 2.71 bits per heavy atom. The molecule has 1 aliphatic rings. The van der Waals surface area contributed by atoms with Crippen molar-refractivity contribution >= 4 is 16.8 Å². The van der Waals surface area contributed by atoms with Gasteiger partial charge in [0.05, 0.1) is 5.04 Å². The van der Waals surface area contributed by atoms with Gasteiger partial charge >= 0.3 is 0 Å². The van der Waals surface area contributed by atoms with Gasteiger partial charge in [-0.2, -0.15) is 0 Å². The second kappa shape index (κ2) is 5.20. The molecule has 1 nitrogen and oxygen atoms in total. The minimum Gasteiger partial charge on any atom is -0.283 e. The van der Waals surface area contributed by atoms with Crippen LogP contribution in [0.5, 0.6) is 0 Å². The summed E-state index contributed by atoms with van der Waals surface area (Å²) in [6, 6.07) is 10.6. The van der Waals surface area contributed by atoms with Crippen LogP contribution in [0.4, 0.5) is 0 Å². The van der Waals surface area contributed by atoms with E-state index in [2.05, 4.69) is 35.3 Å². The van der Waals surface area contributed by atoms with E-state index in [1.807, 2.05) is 11.8 Å². The van der Waals surface area contributed by atoms with E-state index in [-0.39, 0.29) is 0 Å². The summed E-state index contributed by atoms with van der Waals surface area (Å²) in [6.07, 6.45) is 3.50. The average molecular weight is 205 g/mol. The van der Waals surface area contributed by atoms with Gasteiger partial charge in [-0.05, 0) is 24.8 Å². The third-order valence-corrected chi connectivity index (χ3v) is 3.49. The lowest BCUT2D eigenvalue weighted by atomic mass is 10.1. The molecule has 0 spiro atoms. The number of hydrogen-bond acceptors (Lipinski definition) is 2. The van der Waals surface area contributed by atoms with Gasteiger partial charge in [0.2, 0.25) is 0 Å². The molecule has 0 aliphatic carbocycles. The zero-order chi connectivity index (χ0) is 9.64. The highest BCUT2D eigenvalue weighted by atomic mass is 32.2. The van der Waals surface area contributed by atoms with Crippen LogP contribution in [0.1, 0.15) is 18.4 Å². The van der Waals surface area contributed by atoms with E-state index in [1.165, 1.54) is 22.8 Å². The van der Waals surface area contributed by atoms with Crippen molar-refractivity contribution in [3.05, 3.63) is 35.9 Å². The number of hydrogen-bond donors (Lipinski definition) is 0. The quantitative estimate of drug-likeness (QED) is 0.738. The second-order valence-electron chi connectivity index (χ2n) is 3.46. The summed E-state index contributed by atoms with van der Waals surface area (Å²) in [5, 5.41) is 1.35. The lowest BCUT2D eigenvalue weighted by molar-refractivity contribution is 0.922. The smallest absolute Gasteiger partial charge is 0.0679 e. The fourth-order valence-corrected chi connectivity index (χ4v) is 2.49. The first-order chi connectivity index (χ1) is 6.95. The van der Waals surface area contributed by atoms with Crippen molar-refractivity contribution in [3.63, 3.8) is 0 Å². The van der Waals surface area contributed by atoms with E-state index >= 15 is 0 Å². The van der Waals surface area contributed by atoms with Crippen molar-refractivity contribution in [1.29, 1.82) is 0 Å². The highest BCUT2D eigenvalue weighted by Crippen LogP contribution is 2.16. The van der Waals surface area contributed by atoms with Crippen LogP contribution in [0.3, 0.4) is 0 Å². The minimum atomic E-state index is 1.04.